The van der Waals surface area contributed by atoms with Crippen molar-refractivity contribution in [1.29, 1.82) is 0 Å². The molecule has 152 valence electrons. The molecule has 3 heterocycles. The Labute approximate surface area is 179 Å². The number of aromatic amines is 1. The first-order valence-electron chi connectivity index (χ1n) is 10.2. The molecule has 0 aliphatic heterocycles. The van der Waals surface area contributed by atoms with Gasteiger partial charge in [-0.05, 0) is 41.8 Å². The quantitative estimate of drug-likeness (QED) is 0.422. The summed E-state index contributed by atoms with van der Waals surface area (Å²) in [6.45, 7) is 6.42. The molecule has 0 amide bonds. The van der Waals surface area contributed by atoms with Crippen molar-refractivity contribution < 1.29 is 9.59 Å². The van der Waals surface area contributed by atoms with Gasteiger partial charge in [0.05, 0.1) is 28.2 Å². The van der Waals surface area contributed by atoms with Crippen LogP contribution in [0.4, 0.5) is 0 Å². The Balaban J connectivity index is 1.62. The topological polar surface area (TPSA) is 75.7 Å². The first-order valence-corrected chi connectivity index (χ1v) is 10.2. The van der Waals surface area contributed by atoms with E-state index in [2.05, 4.69) is 36.8 Å². The van der Waals surface area contributed by atoms with Crippen LogP contribution in [0.5, 0.6) is 0 Å². The highest BCUT2D eigenvalue weighted by molar-refractivity contribution is 6.32. The smallest absolute Gasteiger partial charge is 0.210 e. The lowest BCUT2D eigenvalue weighted by atomic mass is 9.88. The fraction of sp³-hybridized carbons (Fsp3) is 0.154. The molecule has 0 saturated carbocycles. The van der Waals surface area contributed by atoms with Gasteiger partial charge in [-0.3, -0.25) is 14.6 Å². The molecule has 3 aromatic heterocycles. The number of H-pyrrole nitrogens is 1. The highest BCUT2D eigenvalue weighted by atomic mass is 16.1. The summed E-state index contributed by atoms with van der Waals surface area (Å²) >= 11 is 0. The SMILES string of the molecule is CC(C)(C)/C=C/c1cccc(-c2ccc3[nH]c4c(c3c2)C(=O)c2cnccc2C4=O)n1. The molecular formula is C26H21N3O2. The molecule has 0 spiro atoms. The van der Waals surface area contributed by atoms with Crippen molar-refractivity contribution in [3.63, 3.8) is 0 Å². The van der Waals surface area contributed by atoms with E-state index in [1.807, 2.05) is 42.5 Å². The number of hydrogen-bond donors (Lipinski definition) is 1. The van der Waals surface area contributed by atoms with E-state index in [4.69, 9.17) is 4.98 Å². The van der Waals surface area contributed by atoms with Crippen LogP contribution in [0.1, 0.15) is 58.4 Å². The van der Waals surface area contributed by atoms with Crippen LogP contribution in [-0.2, 0) is 0 Å². The maximum Gasteiger partial charge on any atom is 0.210 e. The number of fused-ring (bicyclic) bond motifs is 4. The van der Waals surface area contributed by atoms with E-state index < -0.39 is 0 Å². The number of allylic oxidation sites excluding steroid dienone is 1. The second kappa shape index (κ2) is 6.84. The molecule has 5 nitrogen and oxygen atoms in total. The van der Waals surface area contributed by atoms with Gasteiger partial charge in [-0.1, -0.05) is 39.0 Å². The third-order valence-electron chi connectivity index (χ3n) is 5.38. The number of nitrogens with zero attached hydrogens (tertiary/aromatic N) is 2. The fourth-order valence-electron chi connectivity index (χ4n) is 3.84. The third-order valence-corrected chi connectivity index (χ3v) is 5.38. The average molecular weight is 407 g/mol. The normalized spacial score (nSPS) is 13.6. The molecule has 0 unspecified atom stereocenters. The van der Waals surface area contributed by atoms with Crippen LogP contribution in [0, 0.1) is 5.41 Å². The summed E-state index contributed by atoms with van der Waals surface area (Å²) in [5, 5.41) is 0.720. The second-order valence-corrected chi connectivity index (χ2v) is 8.86. The van der Waals surface area contributed by atoms with Crippen molar-refractivity contribution in [1.82, 2.24) is 15.0 Å². The fourth-order valence-corrected chi connectivity index (χ4v) is 3.84. The number of carbonyl (C=O) groups excluding carboxylic acids is 2. The first kappa shape index (κ1) is 19.1. The van der Waals surface area contributed by atoms with Crippen molar-refractivity contribution in [3.8, 4) is 11.3 Å². The molecule has 0 fully saturated rings. The number of nitrogens with one attached hydrogen (secondary N) is 1. The summed E-state index contributed by atoms with van der Waals surface area (Å²) in [5.74, 6) is -0.367. The van der Waals surface area contributed by atoms with Gasteiger partial charge in [0, 0.05) is 34.4 Å². The summed E-state index contributed by atoms with van der Waals surface area (Å²) in [6.07, 6.45) is 7.14. The highest BCUT2D eigenvalue weighted by Gasteiger charge is 2.33. The molecule has 0 radical (unpaired) electrons. The van der Waals surface area contributed by atoms with Gasteiger partial charge in [-0.2, -0.15) is 0 Å². The molecule has 5 rings (SSSR count). The van der Waals surface area contributed by atoms with Crippen molar-refractivity contribution in [2.24, 2.45) is 5.41 Å². The monoisotopic (exact) mass is 407 g/mol. The average Bonchev–Trinajstić information content (AvgIpc) is 3.15. The molecule has 0 saturated heterocycles. The van der Waals surface area contributed by atoms with Gasteiger partial charge in [-0.25, -0.2) is 4.98 Å². The van der Waals surface area contributed by atoms with Gasteiger partial charge in [-0.15, -0.1) is 0 Å². The van der Waals surface area contributed by atoms with E-state index in [0.717, 1.165) is 27.9 Å². The van der Waals surface area contributed by atoms with Crippen molar-refractivity contribution in [3.05, 3.63) is 89.0 Å². The van der Waals surface area contributed by atoms with Crippen LogP contribution in [0.25, 0.3) is 28.2 Å². The van der Waals surface area contributed by atoms with Gasteiger partial charge in [0.25, 0.3) is 0 Å². The van der Waals surface area contributed by atoms with Crippen LogP contribution in [0.3, 0.4) is 0 Å². The Morgan fingerprint density at radius 2 is 1.81 bits per heavy atom. The zero-order valence-corrected chi connectivity index (χ0v) is 17.6. The lowest BCUT2D eigenvalue weighted by Gasteiger charge is -2.13. The van der Waals surface area contributed by atoms with Crippen LogP contribution >= 0.6 is 0 Å². The minimum atomic E-state index is -0.184. The van der Waals surface area contributed by atoms with Gasteiger partial charge in [0.1, 0.15) is 0 Å². The first-order chi connectivity index (χ1) is 14.8. The summed E-state index contributed by atoms with van der Waals surface area (Å²) in [4.78, 5) is 38.0. The number of ketones is 2. The van der Waals surface area contributed by atoms with E-state index >= 15 is 0 Å². The van der Waals surface area contributed by atoms with Gasteiger partial charge >= 0.3 is 0 Å². The molecule has 5 heteroatoms. The van der Waals surface area contributed by atoms with Crippen LogP contribution < -0.4 is 0 Å². The van der Waals surface area contributed by atoms with E-state index in [-0.39, 0.29) is 17.0 Å². The molecule has 1 aliphatic rings. The zero-order valence-electron chi connectivity index (χ0n) is 17.6. The number of benzene rings is 1. The molecule has 1 aromatic carbocycles. The molecule has 0 atom stereocenters. The maximum atomic E-state index is 13.2. The van der Waals surface area contributed by atoms with E-state index in [9.17, 15) is 9.59 Å². The Morgan fingerprint density at radius 1 is 0.968 bits per heavy atom. The van der Waals surface area contributed by atoms with Gasteiger partial charge in [0.2, 0.25) is 5.78 Å². The van der Waals surface area contributed by atoms with E-state index in [0.29, 0.717) is 22.4 Å². The Hall–Kier alpha value is -3.86. The molecule has 31 heavy (non-hydrogen) atoms. The molecule has 0 bridgehead atoms. The van der Waals surface area contributed by atoms with Gasteiger partial charge in [0.15, 0.2) is 5.78 Å². The third kappa shape index (κ3) is 3.28. The Kier molecular flexibility index (Phi) is 4.22. The predicted octanol–water partition coefficient (Wildman–Crippen LogP) is 5.46. The number of carbonyl (C=O) groups is 2. The summed E-state index contributed by atoms with van der Waals surface area (Å²) in [5.41, 5.74) is 4.87. The second-order valence-electron chi connectivity index (χ2n) is 8.86. The number of aromatic nitrogens is 3. The van der Waals surface area contributed by atoms with Crippen molar-refractivity contribution in [2.45, 2.75) is 20.8 Å². The number of rotatable bonds is 2. The van der Waals surface area contributed by atoms with Crippen LogP contribution in [-0.4, -0.2) is 26.5 Å². The minimum Gasteiger partial charge on any atom is -0.351 e. The summed E-state index contributed by atoms with van der Waals surface area (Å²) in [6, 6.07) is 13.2. The lowest BCUT2D eigenvalue weighted by Crippen LogP contribution is -2.20. The molecule has 4 aromatic rings. The van der Waals surface area contributed by atoms with E-state index in [1.54, 1.807) is 6.07 Å². The Bertz CT molecular complexity index is 1400. The lowest BCUT2D eigenvalue weighted by molar-refractivity contribution is 0.0977. The number of hydrogen-bond acceptors (Lipinski definition) is 4. The van der Waals surface area contributed by atoms with Crippen LogP contribution in [0.15, 0.2) is 60.9 Å². The maximum absolute atomic E-state index is 13.2. The molecular weight excluding hydrogens is 386 g/mol. The number of pyridine rings is 2. The minimum absolute atomic E-state index is 0.0683. The van der Waals surface area contributed by atoms with Crippen molar-refractivity contribution >= 4 is 28.5 Å². The standard InChI is InChI=1S/C26H21N3O2/c1-26(2,3)11-9-16-5-4-6-20(28-16)15-7-8-21-18(13-15)22-23(29-21)25(31)17-10-12-27-14-19(17)24(22)30/h4-14,29H,1-3H3/b11-9+. The molecule has 1 aliphatic carbocycles. The summed E-state index contributed by atoms with van der Waals surface area (Å²) in [7, 11) is 0. The largest absolute Gasteiger partial charge is 0.351 e. The predicted molar refractivity (Wildman–Crippen MR) is 121 cm³/mol. The zero-order chi connectivity index (χ0) is 21.8. The van der Waals surface area contributed by atoms with Gasteiger partial charge < -0.3 is 4.98 Å². The van der Waals surface area contributed by atoms with Crippen molar-refractivity contribution in [2.75, 3.05) is 0 Å². The summed E-state index contributed by atoms with van der Waals surface area (Å²) < 4.78 is 0. The van der Waals surface area contributed by atoms with Crippen LogP contribution in [0.2, 0.25) is 0 Å². The Morgan fingerprint density at radius 3 is 2.61 bits per heavy atom. The van der Waals surface area contributed by atoms with E-state index in [1.165, 1.54) is 12.4 Å². The highest BCUT2D eigenvalue weighted by Crippen LogP contribution is 2.34. The molecule has 1 N–H and O–H groups in total.